The standard InChI is InChI=1S/C18H24N4O4/c1-4-26-14-8-6-13(7-9-14)22-17(24)15(16(23)20-18(22)25)12-19-10-5-11-21(2)3/h6-9,12,24H,4-5,10-11H2,1-3H3,(H,20,23,25)/p+1. The predicted octanol–water partition coefficient (Wildman–Crippen LogP) is -0.416. The minimum absolute atomic E-state index is 0.0457. The van der Waals surface area contributed by atoms with Gasteiger partial charge in [-0.05, 0) is 31.2 Å². The molecule has 0 aliphatic carbocycles. The number of aliphatic imine (C=N–C) groups is 1. The van der Waals surface area contributed by atoms with Gasteiger partial charge in [0, 0.05) is 19.2 Å². The van der Waals surface area contributed by atoms with Crippen molar-refractivity contribution in [3.8, 4) is 17.3 Å². The van der Waals surface area contributed by atoms with E-state index < -0.39 is 17.1 Å². The fourth-order valence-electron chi connectivity index (χ4n) is 2.43. The van der Waals surface area contributed by atoms with E-state index in [4.69, 9.17) is 4.74 Å². The summed E-state index contributed by atoms with van der Waals surface area (Å²) in [6.07, 6.45) is 2.17. The second-order valence-corrected chi connectivity index (χ2v) is 6.10. The fraction of sp³-hybridized carbons (Fsp3) is 0.389. The third kappa shape index (κ3) is 4.82. The second kappa shape index (κ2) is 9.00. The maximum atomic E-state index is 12.1. The Labute approximate surface area is 151 Å². The number of aromatic hydroxyl groups is 1. The third-order valence-electron chi connectivity index (χ3n) is 3.71. The lowest BCUT2D eigenvalue weighted by Crippen LogP contribution is -3.05. The molecule has 140 valence electrons. The Bertz CT molecular complexity index is 866. The van der Waals surface area contributed by atoms with Gasteiger partial charge in [-0.15, -0.1) is 0 Å². The largest absolute Gasteiger partial charge is 0.494 e. The zero-order chi connectivity index (χ0) is 19.1. The van der Waals surface area contributed by atoms with Gasteiger partial charge in [-0.25, -0.2) is 9.36 Å². The van der Waals surface area contributed by atoms with E-state index in [1.165, 1.54) is 11.1 Å². The summed E-state index contributed by atoms with van der Waals surface area (Å²) in [6.45, 7) is 3.88. The number of aromatic nitrogens is 2. The number of nitrogens with zero attached hydrogens (tertiary/aromatic N) is 2. The molecule has 0 unspecified atom stereocenters. The van der Waals surface area contributed by atoms with Gasteiger partial charge in [0.2, 0.25) is 5.88 Å². The first-order valence-electron chi connectivity index (χ1n) is 8.54. The summed E-state index contributed by atoms with van der Waals surface area (Å²) in [4.78, 5) is 31.9. The molecule has 0 aliphatic heterocycles. The molecule has 0 spiro atoms. The summed E-state index contributed by atoms with van der Waals surface area (Å²) in [5.74, 6) is 0.211. The average molecular weight is 361 g/mol. The van der Waals surface area contributed by atoms with Crippen molar-refractivity contribution in [2.45, 2.75) is 13.3 Å². The van der Waals surface area contributed by atoms with E-state index in [-0.39, 0.29) is 5.56 Å². The van der Waals surface area contributed by atoms with Crippen LogP contribution in [0, 0.1) is 0 Å². The summed E-state index contributed by atoms with van der Waals surface area (Å²) in [5, 5.41) is 10.4. The van der Waals surface area contributed by atoms with Gasteiger partial charge in [-0.1, -0.05) is 0 Å². The van der Waals surface area contributed by atoms with Crippen LogP contribution in [-0.4, -0.2) is 54.7 Å². The molecule has 1 heterocycles. The van der Waals surface area contributed by atoms with Crippen LogP contribution in [0.15, 0.2) is 38.8 Å². The monoisotopic (exact) mass is 361 g/mol. The van der Waals surface area contributed by atoms with Gasteiger partial charge >= 0.3 is 5.69 Å². The molecule has 0 radical (unpaired) electrons. The number of quaternary nitrogens is 1. The first-order chi connectivity index (χ1) is 12.4. The van der Waals surface area contributed by atoms with E-state index in [0.29, 0.717) is 24.6 Å². The van der Waals surface area contributed by atoms with Gasteiger partial charge in [0.1, 0.15) is 11.3 Å². The van der Waals surface area contributed by atoms with Crippen LogP contribution >= 0.6 is 0 Å². The smallest absolute Gasteiger partial charge is 0.335 e. The van der Waals surface area contributed by atoms with Crippen molar-refractivity contribution < 1.29 is 14.7 Å². The predicted molar refractivity (Wildman–Crippen MR) is 100 cm³/mol. The molecule has 26 heavy (non-hydrogen) atoms. The van der Waals surface area contributed by atoms with Gasteiger partial charge in [0.05, 0.1) is 32.9 Å². The highest BCUT2D eigenvalue weighted by molar-refractivity contribution is 5.82. The van der Waals surface area contributed by atoms with Crippen LogP contribution in [-0.2, 0) is 0 Å². The second-order valence-electron chi connectivity index (χ2n) is 6.10. The normalized spacial score (nSPS) is 11.4. The Balaban J connectivity index is 2.32. The van der Waals surface area contributed by atoms with Crippen molar-refractivity contribution in [2.24, 2.45) is 4.99 Å². The van der Waals surface area contributed by atoms with Crippen molar-refractivity contribution >= 4 is 6.21 Å². The number of H-pyrrole nitrogens is 1. The molecule has 2 rings (SSSR count). The highest BCUT2D eigenvalue weighted by Gasteiger charge is 2.14. The molecule has 0 bridgehead atoms. The molecule has 0 amide bonds. The first kappa shape index (κ1) is 19.5. The van der Waals surface area contributed by atoms with Crippen LogP contribution < -0.4 is 20.9 Å². The van der Waals surface area contributed by atoms with Crippen molar-refractivity contribution in [2.75, 3.05) is 33.8 Å². The Morgan fingerprint density at radius 1 is 1.27 bits per heavy atom. The van der Waals surface area contributed by atoms with Crippen molar-refractivity contribution in [3.05, 3.63) is 50.7 Å². The van der Waals surface area contributed by atoms with Crippen LogP contribution in [0.1, 0.15) is 18.9 Å². The van der Waals surface area contributed by atoms with E-state index in [1.807, 2.05) is 21.0 Å². The minimum atomic E-state index is -0.718. The van der Waals surface area contributed by atoms with E-state index in [2.05, 4.69) is 9.98 Å². The van der Waals surface area contributed by atoms with Gasteiger partial charge in [0.25, 0.3) is 5.56 Å². The van der Waals surface area contributed by atoms with E-state index in [1.54, 1.807) is 24.3 Å². The molecule has 1 aromatic carbocycles. The molecule has 0 atom stereocenters. The first-order valence-corrected chi connectivity index (χ1v) is 8.54. The Morgan fingerprint density at radius 3 is 2.58 bits per heavy atom. The van der Waals surface area contributed by atoms with Crippen molar-refractivity contribution in [1.82, 2.24) is 9.55 Å². The van der Waals surface area contributed by atoms with Crippen LogP contribution in [0.3, 0.4) is 0 Å². The maximum absolute atomic E-state index is 12.1. The summed E-state index contributed by atoms with van der Waals surface area (Å²) in [6, 6.07) is 6.64. The highest BCUT2D eigenvalue weighted by atomic mass is 16.5. The van der Waals surface area contributed by atoms with Gasteiger partial charge < -0.3 is 14.7 Å². The average Bonchev–Trinajstić information content (AvgIpc) is 2.58. The van der Waals surface area contributed by atoms with Crippen LogP contribution in [0.25, 0.3) is 5.69 Å². The lowest BCUT2D eigenvalue weighted by Gasteiger charge is -2.10. The Kier molecular flexibility index (Phi) is 6.74. The number of rotatable bonds is 8. The van der Waals surface area contributed by atoms with E-state index in [0.717, 1.165) is 17.5 Å². The Morgan fingerprint density at radius 2 is 1.96 bits per heavy atom. The molecule has 0 fully saturated rings. The molecular formula is C18H25N4O4+. The summed E-state index contributed by atoms with van der Waals surface area (Å²) in [5.41, 5.74) is -1.02. The molecule has 0 saturated carbocycles. The Hall–Kier alpha value is -2.87. The zero-order valence-electron chi connectivity index (χ0n) is 15.3. The molecule has 2 aromatic rings. The van der Waals surface area contributed by atoms with Crippen molar-refractivity contribution in [3.63, 3.8) is 0 Å². The van der Waals surface area contributed by atoms with Crippen LogP contribution in [0.2, 0.25) is 0 Å². The molecule has 8 heteroatoms. The van der Waals surface area contributed by atoms with Crippen LogP contribution in [0.4, 0.5) is 0 Å². The molecule has 3 N–H and O–H groups in total. The number of hydrogen-bond acceptors (Lipinski definition) is 5. The lowest BCUT2D eigenvalue weighted by molar-refractivity contribution is -0.858. The number of aromatic amines is 1. The molecule has 1 aromatic heterocycles. The fourth-order valence-corrected chi connectivity index (χ4v) is 2.43. The highest BCUT2D eigenvalue weighted by Crippen LogP contribution is 2.18. The van der Waals surface area contributed by atoms with E-state index in [9.17, 15) is 14.7 Å². The summed E-state index contributed by atoms with van der Waals surface area (Å²) in [7, 11) is 4.10. The number of hydrogen-bond donors (Lipinski definition) is 3. The van der Waals surface area contributed by atoms with Gasteiger partial charge in [0.15, 0.2) is 0 Å². The molecular weight excluding hydrogens is 336 g/mol. The number of benzene rings is 1. The SMILES string of the molecule is CCOc1ccc(-n2c(O)c(C=NCCC[NH+](C)C)c(=O)[nH]c2=O)cc1. The molecule has 0 saturated heterocycles. The summed E-state index contributed by atoms with van der Waals surface area (Å²) >= 11 is 0. The zero-order valence-corrected chi connectivity index (χ0v) is 15.3. The van der Waals surface area contributed by atoms with Crippen LogP contribution in [0.5, 0.6) is 11.6 Å². The van der Waals surface area contributed by atoms with Crippen molar-refractivity contribution in [1.29, 1.82) is 0 Å². The molecule has 0 aliphatic rings. The minimum Gasteiger partial charge on any atom is -0.494 e. The number of nitrogens with one attached hydrogen (secondary N) is 2. The third-order valence-corrected chi connectivity index (χ3v) is 3.71. The molecule has 8 nitrogen and oxygen atoms in total. The quantitative estimate of drug-likeness (QED) is 0.439. The van der Waals surface area contributed by atoms with Gasteiger partial charge in [-0.3, -0.25) is 14.8 Å². The number of ether oxygens (including phenoxy) is 1. The topological polar surface area (TPSA) is 101 Å². The lowest BCUT2D eigenvalue weighted by atomic mass is 10.2. The summed E-state index contributed by atoms with van der Waals surface area (Å²) < 4.78 is 6.39. The maximum Gasteiger partial charge on any atom is 0.335 e. The van der Waals surface area contributed by atoms with E-state index >= 15 is 0 Å². The van der Waals surface area contributed by atoms with Gasteiger partial charge in [-0.2, -0.15) is 0 Å².